The zero-order valence-electron chi connectivity index (χ0n) is 20.0. The summed E-state index contributed by atoms with van der Waals surface area (Å²) < 4.78 is 6.99. The summed E-state index contributed by atoms with van der Waals surface area (Å²) >= 11 is 1.54. The number of nitrogen functional groups attached to an aromatic ring is 1. The van der Waals surface area contributed by atoms with Gasteiger partial charge in [-0.15, -0.1) is 0 Å². The first kappa shape index (κ1) is 24.3. The molecule has 2 aromatic carbocycles. The first-order valence-electron chi connectivity index (χ1n) is 11.8. The van der Waals surface area contributed by atoms with E-state index in [1.165, 1.54) is 17.4 Å². The molecule has 184 valence electrons. The van der Waals surface area contributed by atoms with Crippen LogP contribution in [0.3, 0.4) is 0 Å². The Balaban J connectivity index is 1.27. The Labute approximate surface area is 219 Å². The van der Waals surface area contributed by atoms with Crippen molar-refractivity contribution < 1.29 is 4.74 Å². The summed E-state index contributed by atoms with van der Waals surface area (Å²) in [6, 6.07) is 22.3. The molecule has 2 N–H and O–H groups in total. The normalized spacial score (nSPS) is 13.2. The van der Waals surface area contributed by atoms with Gasteiger partial charge in [0.05, 0.1) is 19.8 Å². The highest BCUT2D eigenvalue weighted by Gasteiger charge is 2.15. The number of ether oxygens (including phenoxy) is 1. The van der Waals surface area contributed by atoms with E-state index < -0.39 is 0 Å². The molecule has 0 radical (unpaired) electrons. The van der Waals surface area contributed by atoms with Crippen molar-refractivity contribution in [2.24, 2.45) is 0 Å². The second-order valence-corrected chi connectivity index (χ2v) is 9.57. The Morgan fingerprint density at radius 2 is 1.78 bits per heavy atom. The van der Waals surface area contributed by atoms with Gasteiger partial charge in [0.25, 0.3) is 0 Å². The third-order valence-corrected chi connectivity index (χ3v) is 6.95. The quantitative estimate of drug-likeness (QED) is 0.372. The lowest BCUT2D eigenvalue weighted by Crippen LogP contribution is -2.36. The predicted molar refractivity (Wildman–Crippen MR) is 140 cm³/mol. The first-order chi connectivity index (χ1) is 18.1. The van der Waals surface area contributed by atoms with Gasteiger partial charge < -0.3 is 15.4 Å². The van der Waals surface area contributed by atoms with Crippen molar-refractivity contribution in [2.45, 2.75) is 22.9 Å². The minimum absolute atomic E-state index is 0.0368. The molecule has 1 saturated heterocycles. The fourth-order valence-electron chi connectivity index (χ4n) is 4.18. The van der Waals surface area contributed by atoms with E-state index in [0.717, 1.165) is 53.2 Å². The highest BCUT2D eigenvalue weighted by molar-refractivity contribution is 7.99. The molecular formula is C27H24N8OS. The van der Waals surface area contributed by atoms with Crippen molar-refractivity contribution in [2.75, 3.05) is 36.9 Å². The van der Waals surface area contributed by atoms with Crippen LogP contribution in [0.1, 0.15) is 28.3 Å². The molecular weight excluding hydrogens is 484 g/mol. The van der Waals surface area contributed by atoms with Crippen LogP contribution < -0.4 is 10.6 Å². The van der Waals surface area contributed by atoms with Gasteiger partial charge in [0, 0.05) is 36.3 Å². The molecule has 5 rings (SSSR count). The number of anilines is 2. The molecule has 37 heavy (non-hydrogen) atoms. The smallest absolute Gasteiger partial charge is 0.202 e. The topological polar surface area (TPSA) is 130 Å². The molecule has 1 aliphatic heterocycles. The average Bonchev–Trinajstić information content (AvgIpc) is 3.24. The van der Waals surface area contributed by atoms with E-state index in [0.29, 0.717) is 13.0 Å². The van der Waals surface area contributed by atoms with E-state index in [1.54, 1.807) is 10.8 Å². The number of hydrogen-bond donors (Lipinski definition) is 1. The van der Waals surface area contributed by atoms with Gasteiger partial charge in [0.2, 0.25) is 5.95 Å². The standard InChI is InChI=1S/C27H24N8OS/c28-16-23-24(17-29)35(27(30)32-23)18-20-2-1-3-22(14-20)37-26-8-9-31-25(33-26)15-19-4-6-21(7-5-19)34-10-12-36-13-11-34/h1-9,14H,10-13,15,18H2,(H2,30,32). The lowest BCUT2D eigenvalue weighted by molar-refractivity contribution is 0.122. The largest absolute Gasteiger partial charge is 0.378 e. The van der Waals surface area contributed by atoms with Crippen LogP contribution in [0, 0.1) is 22.7 Å². The number of rotatable bonds is 7. The molecule has 9 nitrogen and oxygen atoms in total. The number of nitrogens with zero attached hydrogens (tertiary/aromatic N) is 7. The van der Waals surface area contributed by atoms with Gasteiger partial charge in [0.1, 0.15) is 23.0 Å². The van der Waals surface area contributed by atoms with E-state index in [2.05, 4.69) is 39.1 Å². The van der Waals surface area contributed by atoms with Crippen molar-refractivity contribution >= 4 is 23.4 Å². The second-order valence-electron chi connectivity index (χ2n) is 8.48. The van der Waals surface area contributed by atoms with E-state index in [9.17, 15) is 10.5 Å². The molecule has 1 aliphatic rings. The third-order valence-electron chi connectivity index (χ3n) is 6.03. The van der Waals surface area contributed by atoms with Crippen LogP contribution in [0.4, 0.5) is 11.6 Å². The number of nitrogens with two attached hydrogens (primary N) is 1. The SMILES string of the molecule is N#Cc1nc(N)n(Cc2cccc(Sc3ccnc(Cc4ccc(N5CCOCC5)cc4)n3)c2)c1C#N. The Bertz CT molecular complexity index is 1480. The molecule has 0 aliphatic carbocycles. The Morgan fingerprint density at radius 3 is 2.54 bits per heavy atom. The number of hydrogen-bond acceptors (Lipinski definition) is 9. The number of nitriles is 2. The minimum atomic E-state index is 0.0368. The molecule has 0 saturated carbocycles. The van der Waals surface area contributed by atoms with E-state index >= 15 is 0 Å². The maximum absolute atomic E-state index is 9.43. The maximum atomic E-state index is 9.43. The van der Waals surface area contributed by atoms with Crippen molar-refractivity contribution in [3.05, 3.63) is 89.1 Å². The summed E-state index contributed by atoms with van der Waals surface area (Å²) in [4.78, 5) is 16.5. The number of imidazole rings is 1. The summed E-state index contributed by atoms with van der Waals surface area (Å²) in [5.41, 5.74) is 9.45. The van der Waals surface area contributed by atoms with Crippen LogP contribution in [0.5, 0.6) is 0 Å². The van der Waals surface area contributed by atoms with Crippen LogP contribution in [-0.4, -0.2) is 45.8 Å². The fraction of sp³-hybridized carbons (Fsp3) is 0.222. The van der Waals surface area contributed by atoms with Gasteiger partial charge >= 0.3 is 0 Å². The third kappa shape index (κ3) is 5.72. The second kappa shape index (κ2) is 11.1. The van der Waals surface area contributed by atoms with Gasteiger partial charge in [-0.05, 0) is 41.5 Å². The van der Waals surface area contributed by atoms with Crippen LogP contribution >= 0.6 is 11.8 Å². The summed E-state index contributed by atoms with van der Waals surface area (Å²) in [7, 11) is 0. The summed E-state index contributed by atoms with van der Waals surface area (Å²) in [6.07, 6.45) is 2.43. The van der Waals surface area contributed by atoms with Crippen LogP contribution in [0.15, 0.2) is 70.7 Å². The van der Waals surface area contributed by atoms with Gasteiger partial charge in [-0.2, -0.15) is 10.5 Å². The highest BCUT2D eigenvalue weighted by Crippen LogP contribution is 2.28. The molecule has 0 spiro atoms. The molecule has 0 atom stereocenters. The van der Waals surface area contributed by atoms with Crippen molar-refractivity contribution in [1.29, 1.82) is 10.5 Å². The molecule has 0 unspecified atom stereocenters. The van der Waals surface area contributed by atoms with Crippen LogP contribution in [0.25, 0.3) is 0 Å². The molecule has 2 aromatic heterocycles. The zero-order valence-corrected chi connectivity index (χ0v) is 20.9. The zero-order chi connectivity index (χ0) is 25.6. The monoisotopic (exact) mass is 508 g/mol. The van der Waals surface area contributed by atoms with E-state index in [4.69, 9.17) is 15.5 Å². The first-order valence-corrected chi connectivity index (χ1v) is 12.6. The van der Waals surface area contributed by atoms with Gasteiger partial charge in [-0.1, -0.05) is 36.0 Å². The number of benzene rings is 2. The number of aromatic nitrogens is 4. The Hall–Kier alpha value is -4.38. The predicted octanol–water partition coefficient (Wildman–Crippen LogP) is 3.63. The summed E-state index contributed by atoms with van der Waals surface area (Å²) in [5, 5.41) is 19.5. The maximum Gasteiger partial charge on any atom is 0.202 e. The number of morpholine rings is 1. The Morgan fingerprint density at radius 1 is 0.973 bits per heavy atom. The van der Waals surface area contributed by atoms with E-state index in [-0.39, 0.29) is 17.3 Å². The van der Waals surface area contributed by atoms with Gasteiger partial charge in [-0.25, -0.2) is 15.0 Å². The van der Waals surface area contributed by atoms with Gasteiger partial charge in [0.15, 0.2) is 11.4 Å². The average molecular weight is 509 g/mol. The molecule has 3 heterocycles. The lowest BCUT2D eigenvalue weighted by Gasteiger charge is -2.28. The Kier molecular flexibility index (Phi) is 7.31. The summed E-state index contributed by atoms with van der Waals surface area (Å²) in [5.74, 6) is 0.902. The van der Waals surface area contributed by atoms with Gasteiger partial charge in [-0.3, -0.25) is 4.57 Å². The fourth-order valence-corrected chi connectivity index (χ4v) is 5.06. The summed E-state index contributed by atoms with van der Waals surface area (Å²) in [6.45, 7) is 3.71. The minimum Gasteiger partial charge on any atom is -0.378 e. The van der Waals surface area contributed by atoms with E-state index in [1.807, 2.05) is 42.5 Å². The molecule has 0 amide bonds. The van der Waals surface area contributed by atoms with Crippen molar-refractivity contribution in [1.82, 2.24) is 19.5 Å². The van der Waals surface area contributed by atoms with Crippen molar-refractivity contribution in [3.8, 4) is 12.1 Å². The highest BCUT2D eigenvalue weighted by atomic mass is 32.2. The molecule has 10 heteroatoms. The van der Waals surface area contributed by atoms with Crippen LogP contribution in [0.2, 0.25) is 0 Å². The molecule has 1 fully saturated rings. The molecule has 0 bridgehead atoms. The molecule has 4 aromatic rings. The van der Waals surface area contributed by atoms with Crippen LogP contribution in [-0.2, 0) is 17.7 Å². The van der Waals surface area contributed by atoms with Crippen molar-refractivity contribution in [3.63, 3.8) is 0 Å². The lowest BCUT2D eigenvalue weighted by atomic mass is 10.1.